The van der Waals surface area contributed by atoms with E-state index in [2.05, 4.69) is 5.32 Å². The number of halogens is 1. The van der Waals surface area contributed by atoms with Crippen molar-refractivity contribution >= 4 is 11.8 Å². The van der Waals surface area contributed by atoms with Gasteiger partial charge in [-0.1, -0.05) is 18.2 Å². The van der Waals surface area contributed by atoms with Crippen LogP contribution in [0.4, 0.5) is 4.39 Å². The molecule has 1 aliphatic heterocycles. The average molecular weight is 333 g/mol. The molecule has 0 unspecified atom stereocenters. The minimum Gasteiger partial charge on any atom is -0.355 e. The largest absolute Gasteiger partial charge is 0.355 e. The number of likely N-dealkylation sites (N-methyl/N-ethyl adjacent to an activating group) is 1. The maximum Gasteiger partial charge on any atom is 0.234 e. The molecule has 0 aromatic heterocycles. The number of rotatable bonds is 7. The summed E-state index contributed by atoms with van der Waals surface area (Å²) in [6, 6.07) is 7.03. The van der Waals surface area contributed by atoms with Gasteiger partial charge in [-0.25, -0.2) is 4.39 Å². The summed E-state index contributed by atoms with van der Waals surface area (Å²) in [6.45, 7) is 1.88. The van der Waals surface area contributed by atoms with Crippen LogP contribution in [0.5, 0.6) is 0 Å². The third kappa shape index (κ3) is 4.32. The summed E-state index contributed by atoms with van der Waals surface area (Å²) in [4.78, 5) is 27.7. The summed E-state index contributed by atoms with van der Waals surface area (Å²) in [5, 5.41) is 2.90. The fourth-order valence-electron chi connectivity index (χ4n) is 3.22. The highest BCUT2D eigenvalue weighted by molar-refractivity contribution is 5.80. The van der Waals surface area contributed by atoms with Crippen LogP contribution in [0.3, 0.4) is 0 Å². The summed E-state index contributed by atoms with van der Waals surface area (Å²) < 4.78 is 13.6. The first-order valence-corrected chi connectivity index (χ1v) is 8.51. The quantitative estimate of drug-likeness (QED) is 0.820. The van der Waals surface area contributed by atoms with E-state index in [1.165, 1.54) is 6.07 Å². The number of amides is 2. The molecule has 2 fully saturated rings. The first kappa shape index (κ1) is 16.9. The van der Waals surface area contributed by atoms with Gasteiger partial charge in [0.1, 0.15) is 5.82 Å². The summed E-state index contributed by atoms with van der Waals surface area (Å²) >= 11 is 0. The first-order valence-electron chi connectivity index (χ1n) is 8.51. The van der Waals surface area contributed by atoms with Gasteiger partial charge >= 0.3 is 0 Å². The number of hydrogen-bond donors (Lipinski definition) is 1. The summed E-state index contributed by atoms with van der Waals surface area (Å²) in [7, 11) is 1.79. The molecule has 1 aromatic rings. The van der Waals surface area contributed by atoms with Gasteiger partial charge in [-0.05, 0) is 26.0 Å². The number of carbonyl (C=O) groups excluding carboxylic acids is 2. The van der Waals surface area contributed by atoms with Crippen molar-refractivity contribution in [2.45, 2.75) is 31.8 Å². The van der Waals surface area contributed by atoms with Crippen LogP contribution in [0.25, 0.3) is 0 Å². The third-order valence-corrected chi connectivity index (χ3v) is 4.63. The Morgan fingerprint density at radius 1 is 1.38 bits per heavy atom. The molecule has 0 bridgehead atoms. The molecule has 1 saturated heterocycles. The zero-order valence-electron chi connectivity index (χ0n) is 14.0. The summed E-state index contributed by atoms with van der Waals surface area (Å²) in [5.74, 6) is 0.0768. The van der Waals surface area contributed by atoms with Crippen molar-refractivity contribution in [3.05, 3.63) is 35.6 Å². The van der Waals surface area contributed by atoms with Crippen LogP contribution in [-0.4, -0.2) is 54.3 Å². The Bertz CT molecular complexity index is 618. The molecule has 1 N–H and O–H groups in total. The Morgan fingerprint density at radius 3 is 2.83 bits per heavy atom. The van der Waals surface area contributed by atoms with E-state index in [1.54, 1.807) is 30.1 Å². The molecule has 1 aromatic carbocycles. The molecule has 2 aliphatic rings. The fourth-order valence-corrected chi connectivity index (χ4v) is 3.22. The maximum absolute atomic E-state index is 13.6. The lowest BCUT2D eigenvalue weighted by Crippen LogP contribution is -2.38. The van der Waals surface area contributed by atoms with Crippen LogP contribution in [0, 0.1) is 11.7 Å². The Morgan fingerprint density at radius 2 is 2.12 bits per heavy atom. The number of likely N-dealkylation sites (tertiary alicyclic amines) is 1. The second-order valence-electron chi connectivity index (χ2n) is 6.92. The molecular weight excluding hydrogens is 309 g/mol. The monoisotopic (exact) mass is 333 g/mol. The molecule has 24 heavy (non-hydrogen) atoms. The van der Waals surface area contributed by atoms with E-state index in [-0.39, 0.29) is 30.1 Å². The minimum atomic E-state index is -0.255. The lowest BCUT2D eigenvalue weighted by atomic mass is 10.1. The molecule has 1 atom stereocenters. The highest BCUT2D eigenvalue weighted by atomic mass is 19.1. The third-order valence-electron chi connectivity index (χ3n) is 4.63. The molecule has 5 nitrogen and oxygen atoms in total. The van der Waals surface area contributed by atoms with E-state index >= 15 is 0 Å². The van der Waals surface area contributed by atoms with E-state index in [4.69, 9.17) is 0 Å². The topological polar surface area (TPSA) is 52.7 Å². The highest BCUT2D eigenvalue weighted by Crippen LogP contribution is 2.32. The molecule has 0 spiro atoms. The lowest BCUT2D eigenvalue weighted by molar-refractivity contribution is -0.128. The van der Waals surface area contributed by atoms with Crippen molar-refractivity contribution in [3.63, 3.8) is 0 Å². The van der Waals surface area contributed by atoms with Crippen LogP contribution in [-0.2, 0) is 16.1 Å². The van der Waals surface area contributed by atoms with Crippen molar-refractivity contribution in [1.29, 1.82) is 0 Å². The van der Waals surface area contributed by atoms with Crippen molar-refractivity contribution in [2.75, 3.05) is 26.7 Å². The molecule has 1 aliphatic carbocycles. The maximum atomic E-state index is 13.6. The van der Waals surface area contributed by atoms with Crippen LogP contribution >= 0.6 is 0 Å². The summed E-state index contributed by atoms with van der Waals surface area (Å²) in [6.07, 6.45) is 2.76. The van der Waals surface area contributed by atoms with Gasteiger partial charge in [-0.3, -0.25) is 14.5 Å². The molecule has 3 rings (SSSR count). The second kappa shape index (κ2) is 7.30. The smallest absolute Gasteiger partial charge is 0.234 e. The van der Waals surface area contributed by atoms with Crippen LogP contribution in [0.2, 0.25) is 0 Å². The van der Waals surface area contributed by atoms with Crippen molar-refractivity contribution in [2.24, 2.45) is 5.92 Å². The Labute approximate surface area is 141 Å². The molecule has 0 radical (unpaired) electrons. The van der Waals surface area contributed by atoms with Crippen LogP contribution < -0.4 is 5.32 Å². The van der Waals surface area contributed by atoms with Crippen LogP contribution in [0.15, 0.2) is 24.3 Å². The molecule has 1 heterocycles. The molecule has 6 heteroatoms. The molecular formula is C18H24FN3O2. The first-order chi connectivity index (χ1) is 11.5. The van der Waals surface area contributed by atoms with Crippen molar-refractivity contribution in [1.82, 2.24) is 15.1 Å². The van der Waals surface area contributed by atoms with Gasteiger partial charge in [0, 0.05) is 43.6 Å². The van der Waals surface area contributed by atoms with Gasteiger partial charge in [0.25, 0.3) is 0 Å². The van der Waals surface area contributed by atoms with E-state index in [1.807, 2.05) is 4.90 Å². The SMILES string of the molecule is CN(CC(=O)NC[C@@H]1CC(=O)N(C2CC2)C1)Cc1ccccc1F. The number of carbonyl (C=O) groups is 2. The summed E-state index contributed by atoms with van der Waals surface area (Å²) in [5.41, 5.74) is 0.578. The number of nitrogens with zero attached hydrogens (tertiary/aromatic N) is 2. The average Bonchev–Trinajstić information content (AvgIpc) is 3.31. The van der Waals surface area contributed by atoms with Gasteiger partial charge in [0.05, 0.1) is 6.54 Å². The Balaban J connectivity index is 1.39. The molecule has 2 amide bonds. The fraction of sp³-hybridized carbons (Fsp3) is 0.556. The van der Waals surface area contributed by atoms with E-state index in [0.29, 0.717) is 31.1 Å². The predicted octanol–water partition coefficient (Wildman–Crippen LogP) is 1.38. The zero-order chi connectivity index (χ0) is 17.1. The lowest BCUT2D eigenvalue weighted by Gasteiger charge is -2.18. The normalized spacial score (nSPS) is 20.7. The van der Waals surface area contributed by atoms with Gasteiger partial charge in [-0.15, -0.1) is 0 Å². The van der Waals surface area contributed by atoms with E-state index < -0.39 is 0 Å². The van der Waals surface area contributed by atoms with E-state index in [0.717, 1.165) is 19.4 Å². The standard InChI is InChI=1S/C18H24FN3O2/c1-21(11-14-4-2-3-5-16(14)19)12-17(23)20-9-13-8-18(24)22(10-13)15-6-7-15/h2-5,13,15H,6-12H2,1H3,(H,20,23)/t13-/m0/s1. The molecule has 130 valence electrons. The van der Waals surface area contributed by atoms with Crippen molar-refractivity contribution < 1.29 is 14.0 Å². The minimum absolute atomic E-state index is 0.0915. The molecule has 1 saturated carbocycles. The van der Waals surface area contributed by atoms with Gasteiger partial charge < -0.3 is 10.2 Å². The van der Waals surface area contributed by atoms with Gasteiger partial charge in [0.2, 0.25) is 11.8 Å². The predicted molar refractivity (Wildman–Crippen MR) is 88.6 cm³/mol. The number of nitrogens with one attached hydrogen (secondary N) is 1. The van der Waals surface area contributed by atoms with E-state index in [9.17, 15) is 14.0 Å². The number of hydrogen-bond acceptors (Lipinski definition) is 3. The van der Waals surface area contributed by atoms with Gasteiger partial charge in [-0.2, -0.15) is 0 Å². The van der Waals surface area contributed by atoms with Gasteiger partial charge in [0.15, 0.2) is 0 Å². The Kier molecular flexibility index (Phi) is 5.14. The zero-order valence-corrected chi connectivity index (χ0v) is 14.0. The number of benzene rings is 1. The van der Waals surface area contributed by atoms with Crippen LogP contribution in [0.1, 0.15) is 24.8 Å². The highest BCUT2D eigenvalue weighted by Gasteiger charge is 2.39. The second-order valence-corrected chi connectivity index (χ2v) is 6.92. The van der Waals surface area contributed by atoms with Crippen molar-refractivity contribution in [3.8, 4) is 0 Å². The Hall–Kier alpha value is -1.95.